The first-order chi connectivity index (χ1) is 6.22. The molecule has 1 aromatic rings. The van der Waals surface area contributed by atoms with Gasteiger partial charge in [0.15, 0.2) is 0 Å². The van der Waals surface area contributed by atoms with Gasteiger partial charge in [0.2, 0.25) is 0 Å². The maximum atomic E-state index is 13.2. The van der Waals surface area contributed by atoms with Crippen LogP contribution in [0.2, 0.25) is 0 Å². The van der Waals surface area contributed by atoms with Gasteiger partial charge in [-0.3, -0.25) is 0 Å². The first kappa shape index (κ1) is 9.53. The highest BCUT2D eigenvalue weighted by Gasteiger charge is 2.08. The van der Waals surface area contributed by atoms with E-state index in [0.29, 0.717) is 17.5 Å². The molecule has 0 unspecified atom stereocenters. The number of rotatable bonds is 2. The Morgan fingerprint density at radius 3 is 2.69 bits per heavy atom. The molecule has 2 nitrogen and oxygen atoms in total. The third-order valence-corrected chi connectivity index (χ3v) is 1.87. The van der Waals surface area contributed by atoms with Crippen molar-refractivity contribution in [3.63, 3.8) is 0 Å². The Kier molecular flexibility index (Phi) is 2.86. The number of hydrogen-bond donors (Lipinski definition) is 0. The zero-order chi connectivity index (χ0) is 9.84. The van der Waals surface area contributed by atoms with Crippen LogP contribution in [0.1, 0.15) is 18.1 Å². The quantitative estimate of drug-likeness (QED) is 0.697. The second-order valence-electron chi connectivity index (χ2n) is 2.61. The lowest BCUT2D eigenvalue weighted by molar-refractivity contribution is 0.409. The fourth-order valence-electron chi connectivity index (χ4n) is 1.13. The first-order valence-corrected chi connectivity index (χ1v) is 3.99. The minimum atomic E-state index is -0.321. The summed E-state index contributed by atoms with van der Waals surface area (Å²) in [5.74, 6) is -0.0319. The predicted octanol–water partition coefficient (Wildman–Crippen LogP) is 2.27. The summed E-state index contributed by atoms with van der Waals surface area (Å²) in [5.41, 5.74) is 0.915. The van der Waals surface area contributed by atoms with Crippen LogP contribution < -0.4 is 4.74 Å². The van der Waals surface area contributed by atoms with Crippen LogP contribution in [0.15, 0.2) is 12.1 Å². The zero-order valence-electron chi connectivity index (χ0n) is 7.60. The topological polar surface area (TPSA) is 33.0 Å². The van der Waals surface area contributed by atoms with Gasteiger partial charge in [0, 0.05) is 6.07 Å². The van der Waals surface area contributed by atoms with E-state index in [9.17, 15) is 4.39 Å². The number of nitriles is 1. The number of halogens is 1. The molecule has 0 aliphatic heterocycles. The Balaban J connectivity index is 3.28. The van der Waals surface area contributed by atoms with Gasteiger partial charge in [0.05, 0.1) is 12.7 Å². The van der Waals surface area contributed by atoms with Crippen LogP contribution in [-0.2, 0) is 6.42 Å². The van der Waals surface area contributed by atoms with E-state index in [1.165, 1.54) is 19.2 Å². The Hall–Kier alpha value is -1.56. The first-order valence-electron chi connectivity index (χ1n) is 3.99. The van der Waals surface area contributed by atoms with Gasteiger partial charge in [-0.15, -0.1) is 0 Å². The van der Waals surface area contributed by atoms with Gasteiger partial charge >= 0.3 is 0 Å². The number of hydrogen-bond acceptors (Lipinski definition) is 2. The monoisotopic (exact) mass is 179 g/mol. The maximum Gasteiger partial charge on any atom is 0.139 e. The lowest BCUT2D eigenvalue weighted by Gasteiger charge is -2.05. The van der Waals surface area contributed by atoms with Crippen molar-refractivity contribution in [2.45, 2.75) is 13.3 Å². The summed E-state index contributed by atoms with van der Waals surface area (Å²) in [4.78, 5) is 0. The van der Waals surface area contributed by atoms with Gasteiger partial charge in [-0.2, -0.15) is 5.26 Å². The molecular weight excluding hydrogens is 169 g/mol. The molecule has 0 fully saturated rings. The standard InChI is InChI=1S/C10H10FNO/c1-3-7-4-8(6-12)10(13-2)5-9(7)11/h4-5H,3H2,1-2H3. The molecule has 1 aromatic carbocycles. The number of aryl methyl sites for hydroxylation is 1. The van der Waals surface area contributed by atoms with E-state index in [1.807, 2.05) is 13.0 Å². The van der Waals surface area contributed by atoms with E-state index in [-0.39, 0.29) is 11.6 Å². The van der Waals surface area contributed by atoms with Crippen LogP contribution in [0, 0.1) is 17.1 Å². The van der Waals surface area contributed by atoms with E-state index < -0.39 is 0 Å². The fourth-order valence-corrected chi connectivity index (χ4v) is 1.13. The van der Waals surface area contributed by atoms with E-state index in [2.05, 4.69) is 0 Å². The smallest absolute Gasteiger partial charge is 0.139 e. The van der Waals surface area contributed by atoms with E-state index >= 15 is 0 Å². The number of methoxy groups -OCH3 is 1. The van der Waals surface area contributed by atoms with Gasteiger partial charge in [0.1, 0.15) is 17.6 Å². The molecule has 0 aliphatic carbocycles. The highest BCUT2D eigenvalue weighted by atomic mass is 19.1. The molecule has 0 radical (unpaired) electrons. The highest BCUT2D eigenvalue weighted by molar-refractivity contribution is 5.46. The number of benzene rings is 1. The molecule has 0 saturated carbocycles. The van der Waals surface area contributed by atoms with Crippen molar-refractivity contribution in [3.05, 3.63) is 29.1 Å². The van der Waals surface area contributed by atoms with E-state index in [1.54, 1.807) is 0 Å². The van der Waals surface area contributed by atoms with Gasteiger partial charge in [-0.05, 0) is 18.1 Å². The molecule has 1 rings (SSSR count). The third-order valence-electron chi connectivity index (χ3n) is 1.87. The summed E-state index contributed by atoms with van der Waals surface area (Å²) in [6.45, 7) is 1.84. The molecule has 0 spiro atoms. The van der Waals surface area contributed by atoms with Crippen molar-refractivity contribution in [2.24, 2.45) is 0 Å². The van der Waals surface area contributed by atoms with Crippen molar-refractivity contribution in [2.75, 3.05) is 7.11 Å². The number of nitrogens with zero attached hydrogens (tertiary/aromatic N) is 1. The minimum Gasteiger partial charge on any atom is -0.495 e. The van der Waals surface area contributed by atoms with Crippen LogP contribution in [0.4, 0.5) is 4.39 Å². The molecule has 0 bridgehead atoms. The van der Waals surface area contributed by atoms with E-state index in [4.69, 9.17) is 10.00 Å². The van der Waals surface area contributed by atoms with Crippen molar-refractivity contribution in [3.8, 4) is 11.8 Å². The summed E-state index contributed by atoms with van der Waals surface area (Å²) in [5, 5.41) is 8.71. The van der Waals surface area contributed by atoms with Crippen molar-refractivity contribution >= 4 is 0 Å². The van der Waals surface area contributed by atoms with Crippen LogP contribution in [0.25, 0.3) is 0 Å². The number of ether oxygens (including phenoxy) is 1. The lowest BCUT2D eigenvalue weighted by atomic mass is 10.1. The van der Waals surface area contributed by atoms with Crippen LogP contribution in [0.3, 0.4) is 0 Å². The fraction of sp³-hybridized carbons (Fsp3) is 0.300. The molecule has 0 saturated heterocycles. The average molecular weight is 179 g/mol. The zero-order valence-corrected chi connectivity index (χ0v) is 7.60. The van der Waals surface area contributed by atoms with Crippen LogP contribution >= 0.6 is 0 Å². The van der Waals surface area contributed by atoms with Gasteiger partial charge in [-0.25, -0.2) is 4.39 Å². The molecule has 0 atom stereocenters. The maximum absolute atomic E-state index is 13.2. The third kappa shape index (κ3) is 1.78. The molecule has 0 aliphatic rings. The molecule has 3 heteroatoms. The van der Waals surface area contributed by atoms with Crippen LogP contribution in [-0.4, -0.2) is 7.11 Å². The predicted molar refractivity (Wildman–Crippen MR) is 47.0 cm³/mol. The van der Waals surface area contributed by atoms with Crippen LogP contribution in [0.5, 0.6) is 5.75 Å². The molecule has 13 heavy (non-hydrogen) atoms. The summed E-state index contributed by atoms with van der Waals surface area (Å²) in [6, 6.07) is 4.73. The van der Waals surface area contributed by atoms with Crippen molar-refractivity contribution in [1.82, 2.24) is 0 Å². The van der Waals surface area contributed by atoms with Gasteiger partial charge < -0.3 is 4.74 Å². The van der Waals surface area contributed by atoms with Gasteiger partial charge in [-0.1, -0.05) is 6.92 Å². The van der Waals surface area contributed by atoms with Crippen molar-refractivity contribution in [1.29, 1.82) is 5.26 Å². The molecule has 0 heterocycles. The minimum absolute atomic E-state index is 0.289. The summed E-state index contributed by atoms with van der Waals surface area (Å²) in [6.07, 6.45) is 0.574. The van der Waals surface area contributed by atoms with Crippen molar-refractivity contribution < 1.29 is 9.13 Å². The second-order valence-corrected chi connectivity index (χ2v) is 2.61. The average Bonchev–Trinajstić information content (AvgIpc) is 2.17. The Labute approximate surface area is 76.6 Å². The highest BCUT2D eigenvalue weighted by Crippen LogP contribution is 2.22. The Morgan fingerprint density at radius 1 is 1.54 bits per heavy atom. The summed E-state index contributed by atoms with van der Waals surface area (Å²) in [7, 11) is 1.42. The lowest BCUT2D eigenvalue weighted by Crippen LogP contribution is -1.94. The Morgan fingerprint density at radius 2 is 2.23 bits per heavy atom. The molecule has 68 valence electrons. The Bertz CT molecular complexity index is 355. The van der Waals surface area contributed by atoms with Gasteiger partial charge in [0.25, 0.3) is 0 Å². The molecule has 0 aromatic heterocycles. The molecule has 0 amide bonds. The summed E-state index contributed by atoms with van der Waals surface area (Å²) >= 11 is 0. The molecule has 0 N–H and O–H groups in total. The second kappa shape index (κ2) is 3.90. The summed E-state index contributed by atoms with van der Waals surface area (Å²) < 4.78 is 18.0. The normalized spacial score (nSPS) is 9.38. The SMILES string of the molecule is CCc1cc(C#N)c(OC)cc1F. The largest absolute Gasteiger partial charge is 0.495 e. The van der Waals surface area contributed by atoms with E-state index in [0.717, 1.165) is 0 Å². The molecular formula is C10H10FNO.